The summed E-state index contributed by atoms with van der Waals surface area (Å²) in [5.41, 5.74) is 9.00. The van der Waals surface area contributed by atoms with Gasteiger partial charge >= 0.3 is 0 Å². The van der Waals surface area contributed by atoms with Gasteiger partial charge in [0.1, 0.15) is 18.1 Å². The van der Waals surface area contributed by atoms with Crippen LogP contribution in [0.1, 0.15) is 35.3 Å². The van der Waals surface area contributed by atoms with Crippen molar-refractivity contribution < 1.29 is 21.1 Å². The van der Waals surface area contributed by atoms with Crippen LogP contribution in [0.5, 0.6) is 11.5 Å². The van der Waals surface area contributed by atoms with Crippen molar-refractivity contribution in [2.45, 2.75) is 32.3 Å². The third-order valence-corrected chi connectivity index (χ3v) is 8.80. The average Bonchev–Trinajstić information content (AvgIpc) is 3.17. The zero-order valence-corrected chi connectivity index (χ0v) is 28.4. The molecule has 0 aliphatic carbocycles. The maximum atomic E-state index is 11.4. The SMILES string of the molecule is COc1ccc(Nc2ccc(CCN(Cc3ccccc3)C[C@H](O)c3ccc(OCc4ccccc4)c(CO)c3)cc2)cc1-c1ccccc1.[HH]. The molecule has 0 amide bonds. The van der Waals surface area contributed by atoms with Gasteiger partial charge in [0.15, 0.2) is 0 Å². The van der Waals surface area contributed by atoms with Crippen molar-refractivity contribution in [3.8, 4) is 22.6 Å². The van der Waals surface area contributed by atoms with Crippen LogP contribution in [0.4, 0.5) is 11.4 Å². The number of aliphatic hydroxyl groups excluding tert-OH is 2. The number of nitrogens with one attached hydrogen (secondary N) is 1. The molecule has 6 rings (SSSR count). The van der Waals surface area contributed by atoms with Gasteiger partial charge in [0.25, 0.3) is 0 Å². The zero-order chi connectivity index (χ0) is 34.5. The summed E-state index contributed by atoms with van der Waals surface area (Å²) in [6.07, 6.45) is 0.0957. The lowest BCUT2D eigenvalue weighted by molar-refractivity contribution is 0.109. The second-order valence-electron chi connectivity index (χ2n) is 12.4. The van der Waals surface area contributed by atoms with E-state index in [-0.39, 0.29) is 8.03 Å². The molecule has 0 aliphatic heterocycles. The first-order chi connectivity index (χ1) is 24.6. The van der Waals surface area contributed by atoms with E-state index in [4.69, 9.17) is 9.47 Å². The Kier molecular flexibility index (Phi) is 11.9. The summed E-state index contributed by atoms with van der Waals surface area (Å²) in [6.45, 7) is 2.17. The molecular formula is C44H46N2O4. The van der Waals surface area contributed by atoms with Crippen molar-refractivity contribution in [2.24, 2.45) is 0 Å². The number of anilines is 2. The molecule has 6 aromatic rings. The van der Waals surface area contributed by atoms with Gasteiger partial charge in [0.2, 0.25) is 0 Å². The topological polar surface area (TPSA) is 74.2 Å². The molecule has 0 heterocycles. The van der Waals surface area contributed by atoms with Crippen molar-refractivity contribution in [2.75, 3.05) is 25.5 Å². The smallest absolute Gasteiger partial charge is 0.126 e. The molecule has 3 N–H and O–H groups in total. The van der Waals surface area contributed by atoms with Gasteiger partial charge in [-0.25, -0.2) is 0 Å². The number of hydrogen-bond donors (Lipinski definition) is 3. The Morgan fingerprint density at radius 2 is 1.32 bits per heavy atom. The normalized spacial score (nSPS) is 11.7. The molecule has 0 bridgehead atoms. The maximum Gasteiger partial charge on any atom is 0.126 e. The molecule has 6 heteroatoms. The number of hydrogen-bond acceptors (Lipinski definition) is 6. The Balaban J connectivity index is 0.00000504. The number of benzene rings is 6. The minimum atomic E-state index is -0.732. The first-order valence-corrected chi connectivity index (χ1v) is 17.0. The molecule has 256 valence electrons. The highest BCUT2D eigenvalue weighted by molar-refractivity contribution is 5.76. The van der Waals surface area contributed by atoms with Crippen molar-refractivity contribution in [3.05, 3.63) is 179 Å². The van der Waals surface area contributed by atoms with Gasteiger partial charge in [0, 0.05) is 43.6 Å². The summed E-state index contributed by atoms with van der Waals surface area (Å²) in [6, 6.07) is 50.8. The van der Waals surface area contributed by atoms with Crippen molar-refractivity contribution in [3.63, 3.8) is 0 Å². The molecule has 0 aromatic heterocycles. The minimum Gasteiger partial charge on any atom is -0.496 e. The quantitative estimate of drug-likeness (QED) is 0.0957. The third-order valence-electron chi connectivity index (χ3n) is 8.80. The number of nitrogens with zero attached hydrogens (tertiary/aromatic N) is 1. The van der Waals surface area contributed by atoms with E-state index in [2.05, 4.69) is 64.8 Å². The lowest BCUT2D eigenvalue weighted by Crippen LogP contribution is -2.30. The molecule has 0 aliphatic rings. The fraction of sp³-hybridized carbons (Fsp3) is 0.182. The first-order valence-electron chi connectivity index (χ1n) is 17.0. The average molecular weight is 667 g/mol. The van der Waals surface area contributed by atoms with Crippen LogP contribution in [0.2, 0.25) is 0 Å². The van der Waals surface area contributed by atoms with E-state index in [0.717, 1.165) is 52.3 Å². The summed E-state index contributed by atoms with van der Waals surface area (Å²) >= 11 is 0. The fourth-order valence-electron chi connectivity index (χ4n) is 6.07. The van der Waals surface area contributed by atoms with Gasteiger partial charge in [-0.1, -0.05) is 109 Å². The minimum absolute atomic E-state index is 0. The van der Waals surface area contributed by atoms with Crippen LogP contribution in [0, 0.1) is 0 Å². The van der Waals surface area contributed by atoms with E-state index in [9.17, 15) is 10.2 Å². The molecule has 0 spiro atoms. The Morgan fingerprint density at radius 1 is 0.680 bits per heavy atom. The van der Waals surface area contributed by atoms with E-state index < -0.39 is 6.10 Å². The number of ether oxygens (including phenoxy) is 2. The molecule has 50 heavy (non-hydrogen) atoms. The first kappa shape index (κ1) is 34.5. The van der Waals surface area contributed by atoms with Crippen LogP contribution in [-0.2, 0) is 26.2 Å². The Labute approximate surface area is 296 Å². The van der Waals surface area contributed by atoms with Gasteiger partial charge in [-0.2, -0.15) is 0 Å². The molecule has 0 fully saturated rings. The van der Waals surface area contributed by atoms with Crippen molar-refractivity contribution >= 4 is 11.4 Å². The van der Waals surface area contributed by atoms with Crippen LogP contribution in [-0.4, -0.2) is 35.3 Å². The summed E-state index contributed by atoms with van der Waals surface area (Å²) in [4.78, 5) is 2.28. The van der Waals surface area contributed by atoms with Crippen LogP contribution >= 0.6 is 0 Å². The summed E-state index contributed by atoms with van der Waals surface area (Å²) in [7, 11) is 1.70. The van der Waals surface area contributed by atoms with E-state index in [1.807, 2.05) is 97.1 Å². The molecule has 0 saturated heterocycles. The Bertz CT molecular complexity index is 1920. The van der Waals surface area contributed by atoms with E-state index in [1.165, 1.54) is 11.1 Å². The van der Waals surface area contributed by atoms with Crippen molar-refractivity contribution in [1.82, 2.24) is 4.90 Å². The molecule has 0 saturated carbocycles. The lowest BCUT2D eigenvalue weighted by atomic mass is 10.0. The van der Waals surface area contributed by atoms with Crippen LogP contribution < -0.4 is 14.8 Å². The van der Waals surface area contributed by atoms with Gasteiger partial charge in [-0.3, -0.25) is 4.90 Å². The Hall–Kier alpha value is -5.40. The van der Waals surface area contributed by atoms with Gasteiger partial charge in [-0.05, 0) is 76.7 Å². The molecule has 1 atom stereocenters. The highest BCUT2D eigenvalue weighted by atomic mass is 16.5. The Morgan fingerprint density at radius 3 is 2.00 bits per heavy atom. The maximum absolute atomic E-state index is 11.4. The standard InChI is InChI=1S/C44H44N2O4.H2/c1-49-44-24-22-40(28-41(44)36-15-9-4-10-16-36)45-39-20-17-33(18-21-39)25-26-46(29-34-11-5-2-6-12-34)30-42(48)37-19-23-43(38(27-37)31-47)50-32-35-13-7-3-8-14-35;/h2-24,27-28,42,45,47-48H,25-26,29-32H2,1H3;1H/t42-;/m0./s1. The molecular weight excluding hydrogens is 620 g/mol. The predicted octanol–water partition coefficient (Wildman–Crippen LogP) is 9.20. The van der Waals surface area contributed by atoms with Crippen LogP contribution in [0.25, 0.3) is 11.1 Å². The monoisotopic (exact) mass is 666 g/mol. The summed E-state index contributed by atoms with van der Waals surface area (Å²) in [5, 5.41) is 25.1. The second kappa shape index (κ2) is 17.3. The number of methoxy groups -OCH3 is 1. The van der Waals surface area contributed by atoms with Gasteiger partial charge in [-0.15, -0.1) is 0 Å². The van der Waals surface area contributed by atoms with E-state index in [1.54, 1.807) is 7.11 Å². The predicted molar refractivity (Wildman–Crippen MR) is 204 cm³/mol. The third kappa shape index (κ3) is 9.39. The summed E-state index contributed by atoms with van der Waals surface area (Å²) in [5.74, 6) is 1.45. The largest absolute Gasteiger partial charge is 0.496 e. The van der Waals surface area contributed by atoms with Crippen LogP contribution in [0.15, 0.2) is 152 Å². The lowest BCUT2D eigenvalue weighted by Gasteiger charge is -2.26. The number of rotatable bonds is 16. The van der Waals surface area contributed by atoms with Crippen LogP contribution in [0.3, 0.4) is 0 Å². The van der Waals surface area contributed by atoms with Gasteiger partial charge in [0.05, 0.1) is 19.8 Å². The molecule has 0 unspecified atom stereocenters. The van der Waals surface area contributed by atoms with E-state index in [0.29, 0.717) is 31.0 Å². The van der Waals surface area contributed by atoms with Gasteiger partial charge < -0.3 is 25.0 Å². The highest BCUT2D eigenvalue weighted by Gasteiger charge is 2.17. The fourth-order valence-corrected chi connectivity index (χ4v) is 6.07. The highest BCUT2D eigenvalue weighted by Crippen LogP contribution is 2.33. The summed E-state index contributed by atoms with van der Waals surface area (Å²) < 4.78 is 11.6. The second-order valence-corrected chi connectivity index (χ2v) is 12.4. The molecule has 0 radical (unpaired) electrons. The zero-order valence-electron chi connectivity index (χ0n) is 28.4. The van der Waals surface area contributed by atoms with Crippen molar-refractivity contribution in [1.29, 1.82) is 0 Å². The molecule has 6 nitrogen and oxygen atoms in total. The number of aliphatic hydroxyl groups is 2. The van der Waals surface area contributed by atoms with E-state index >= 15 is 0 Å². The molecule has 6 aromatic carbocycles.